The van der Waals surface area contributed by atoms with Crippen molar-refractivity contribution in [1.82, 2.24) is 15.6 Å². The number of nitrogens with zero attached hydrogens (tertiary/aromatic N) is 2. The van der Waals surface area contributed by atoms with E-state index in [0.29, 0.717) is 12.0 Å². The van der Waals surface area contributed by atoms with Gasteiger partial charge in [-0.05, 0) is 38.6 Å². The van der Waals surface area contributed by atoms with Gasteiger partial charge in [-0.3, -0.25) is 10.4 Å². The number of ether oxygens (including phenoxy) is 1. The van der Waals surface area contributed by atoms with Crippen LogP contribution in [0.15, 0.2) is 4.99 Å². The van der Waals surface area contributed by atoms with Crippen LogP contribution < -0.4 is 16.6 Å². The summed E-state index contributed by atoms with van der Waals surface area (Å²) < 4.78 is 5.01. The Balaban J connectivity index is 1.75. The first kappa shape index (κ1) is 14.6. The van der Waals surface area contributed by atoms with E-state index in [2.05, 4.69) is 20.6 Å². The first-order valence-electron chi connectivity index (χ1n) is 7.34. The zero-order valence-electron chi connectivity index (χ0n) is 11.9. The number of fused-ring (bicyclic) bond motifs is 1. The van der Waals surface area contributed by atoms with Crippen molar-refractivity contribution in [3.05, 3.63) is 0 Å². The monoisotopic (exact) mass is 269 g/mol. The molecular formula is C13H27N5O. The van der Waals surface area contributed by atoms with Crippen molar-refractivity contribution in [1.29, 1.82) is 0 Å². The maximum Gasteiger partial charge on any atom is 0.205 e. The van der Waals surface area contributed by atoms with E-state index in [4.69, 9.17) is 10.6 Å². The van der Waals surface area contributed by atoms with Crippen molar-refractivity contribution in [2.75, 3.05) is 33.4 Å². The molecule has 2 heterocycles. The van der Waals surface area contributed by atoms with Gasteiger partial charge in [0.25, 0.3) is 0 Å². The molecule has 0 aliphatic carbocycles. The zero-order chi connectivity index (χ0) is 13.5. The summed E-state index contributed by atoms with van der Waals surface area (Å²) in [5.74, 6) is 6.24. The van der Waals surface area contributed by atoms with Gasteiger partial charge < -0.3 is 15.0 Å². The fraction of sp³-hybridized carbons (Fsp3) is 0.923. The summed E-state index contributed by atoms with van der Waals surface area (Å²) in [6.07, 6.45) is 6.00. The normalized spacial score (nSPS) is 28.2. The number of methoxy groups -OCH3 is 1. The molecule has 2 aliphatic rings. The first-order valence-corrected chi connectivity index (χ1v) is 7.34. The van der Waals surface area contributed by atoms with Crippen molar-refractivity contribution < 1.29 is 4.74 Å². The third-order valence-corrected chi connectivity index (χ3v) is 4.07. The third kappa shape index (κ3) is 4.33. The van der Waals surface area contributed by atoms with Crippen molar-refractivity contribution >= 4 is 5.96 Å². The molecule has 2 atom stereocenters. The molecule has 2 rings (SSSR count). The van der Waals surface area contributed by atoms with Crippen molar-refractivity contribution in [3.8, 4) is 0 Å². The molecule has 0 aromatic carbocycles. The standard InChI is InChI=1S/C13H27N5O/c1-19-9-3-6-15-13(17-14)16-11-5-8-18-7-2-4-12(18)10-11/h11-12H,2-10,14H2,1H3,(H2,15,16,17). The smallest absolute Gasteiger partial charge is 0.205 e. The molecule has 0 saturated carbocycles. The number of hydrazine groups is 1. The number of hydrogen-bond donors (Lipinski definition) is 3. The molecule has 19 heavy (non-hydrogen) atoms. The quantitative estimate of drug-likeness (QED) is 0.216. The fourth-order valence-electron chi connectivity index (χ4n) is 3.08. The Kier molecular flexibility index (Phi) is 5.88. The van der Waals surface area contributed by atoms with E-state index in [1.807, 2.05) is 0 Å². The maximum atomic E-state index is 5.53. The molecule has 0 amide bonds. The minimum Gasteiger partial charge on any atom is -0.385 e. The van der Waals surface area contributed by atoms with Crippen LogP contribution in [-0.2, 0) is 4.74 Å². The van der Waals surface area contributed by atoms with E-state index in [9.17, 15) is 0 Å². The van der Waals surface area contributed by atoms with Crippen LogP contribution in [0.5, 0.6) is 0 Å². The van der Waals surface area contributed by atoms with Crippen LogP contribution in [0.4, 0.5) is 0 Å². The van der Waals surface area contributed by atoms with Crippen LogP contribution in [0.1, 0.15) is 32.1 Å². The Morgan fingerprint density at radius 1 is 1.42 bits per heavy atom. The predicted molar refractivity (Wildman–Crippen MR) is 76.9 cm³/mol. The highest BCUT2D eigenvalue weighted by molar-refractivity contribution is 5.79. The molecule has 0 spiro atoms. The van der Waals surface area contributed by atoms with Gasteiger partial charge in [0, 0.05) is 38.9 Å². The minimum absolute atomic E-state index is 0.497. The van der Waals surface area contributed by atoms with Crippen LogP contribution in [0.3, 0.4) is 0 Å². The second kappa shape index (κ2) is 7.67. The van der Waals surface area contributed by atoms with Gasteiger partial charge in [-0.25, -0.2) is 5.84 Å². The Morgan fingerprint density at radius 3 is 3.11 bits per heavy atom. The van der Waals surface area contributed by atoms with E-state index < -0.39 is 0 Å². The lowest BCUT2D eigenvalue weighted by Gasteiger charge is -2.35. The summed E-state index contributed by atoms with van der Waals surface area (Å²) in [5.41, 5.74) is 2.67. The van der Waals surface area contributed by atoms with Crippen molar-refractivity contribution in [2.24, 2.45) is 10.8 Å². The SMILES string of the molecule is COCCCN=C(NN)NC1CCN2CCCC2C1. The van der Waals surface area contributed by atoms with Crippen LogP contribution >= 0.6 is 0 Å². The fourth-order valence-corrected chi connectivity index (χ4v) is 3.08. The molecule has 2 unspecified atom stereocenters. The average molecular weight is 269 g/mol. The molecule has 0 aromatic rings. The van der Waals surface area contributed by atoms with Gasteiger partial charge in [-0.15, -0.1) is 0 Å². The third-order valence-electron chi connectivity index (χ3n) is 4.07. The molecule has 2 fully saturated rings. The van der Waals surface area contributed by atoms with Gasteiger partial charge in [0.15, 0.2) is 0 Å². The molecule has 6 nitrogen and oxygen atoms in total. The number of piperidine rings is 1. The Labute approximate surface area is 115 Å². The van der Waals surface area contributed by atoms with Gasteiger partial charge in [0.05, 0.1) is 0 Å². The van der Waals surface area contributed by atoms with E-state index in [-0.39, 0.29) is 0 Å². The summed E-state index contributed by atoms with van der Waals surface area (Å²) in [6.45, 7) is 3.96. The molecule has 0 bridgehead atoms. The highest BCUT2D eigenvalue weighted by atomic mass is 16.5. The van der Waals surface area contributed by atoms with Crippen LogP contribution in [0.25, 0.3) is 0 Å². The Morgan fingerprint density at radius 2 is 2.32 bits per heavy atom. The predicted octanol–water partition coefficient (Wildman–Crippen LogP) is 0.0586. The molecule has 0 aromatic heterocycles. The number of hydrogen-bond acceptors (Lipinski definition) is 4. The topological polar surface area (TPSA) is 74.9 Å². The largest absolute Gasteiger partial charge is 0.385 e. The summed E-state index contributed by atoms with van der Waals surface area (Å²) >= 11 is 0. The van der Waals surface area contributed by atoms with E-state index >= 15 is 0 Å². The lowest BCUT2D eigenvalue weighted by Crippen LogP contribution is -2.52. The Bertz CT molecular complexity index is 297. The lowest BCUT2D eigenvalue weighted by atomic mass is 9.98. The number of rotatable bonds is 5. The van der Waals surface area contributed by atoms with Gasteiger partial charge in [0.1, 0.15) is 0 Å². The number of nitrogens with two attached hydrogens (primary N) is 1. The van der Waals surface area contributed by atoms with Crippen molar-refractivity contribution in [3.63, 3.8) is 0 Å². The van der Waals surface area contributed by atoms with E-state index in [0.717, 1.165) is 25.6 Å². The molecule has 2 saturated heterocycles. The number of aliphatic imine (C=N–C) groups is 1. The molecule has 4 N–H and O–H groups in total. The van der Waals surface area contributed by atoms with Crippen LogP contribution in [-0.4, -0.2) is 56.3 Å². The zero-order valence-corrected chi connectivity index (χ0v) is 11.9. The highest BCUT2D eigenvalue weighted by Crippen LogP contribution is 2.26. The van der Waals surface area contributed by atoms with E-state index in [1.165, 1.54) is 38.8 Å². The molecule has 2 aliphatic heterocycles. The Hall–Kier alpha value is -0.850. The second-order valence-corrected chi connectivity index (χ2v) is 5.42. The summed E-state index contributed by atoms with van der Waals surface area (Å²) in [7, 11) is 1.71. The summed E-state index contributed by atoms with van der Waals surface area (Å²) in [4.78, 5) is 7.05. The molecule has 6 heteroatoms. The molecule has 110 valence electrons. The number of nitrogens with one attached hydrogen (secondary N) is 2. The highest BCUT2D eigenvalue weighted by Gasteiger charge is 2.31. The van der Waals surface area contributed by atoms with E-state index in [1.54, 1.807) is 7.11 Å². The average Bonchev–Trinajstić information content (AvgIpc) is 2.89. The number of guanidine groups is 1. The molecule has 0 radical (unpaired) electrons. The van der Waals surface area contributed by atoms with Gasteiger partial charge in [-0.2, -0.15) is 0 Å². The lowest BCUT2D eigenvalue weighted by molar-refractivity contribution is 0.175. The maximum absolute atomic E-state index is 5.53. The van der Waals surface area contributed by atoms with Gasteiger partial charge in [-0.1, -0.05) is 0 Å². The first-order chi connectivity index (χ1) is 9.33. The van der Waals surface area contributed by atoms with Crippen molar-refractivity contribution in [2.45, 2.75) is 44.2 Å². The minimum atomic E-state index is 0.497. The van der Waals surface area contributed by atoms with Crippen LogP contribution in [0.2, 0.25) is 0 Å². The van der Waals surface area contributed by atoms with Gasteiger partial charge >= 0.3 is 0 Å². The van der Waals surface area contributed by atoms with Crippen LogP contribution in [0, 0.1) is 0 Å². The summed E-state index contributed by atoms with van der Waals surface area (Å²) in [6, 6.07) is 1.26. The second-order valence-electron chi connectivity index (χ2n) is 5.42. The van der Waals surface area contributed by atoms with Gasteiger partial charge in [0.2, 0.25) is 5.96 Å². The molecular weight excluding hydrogens is 242 g/mol. The summed E-state index contributed by atoms with van der Waals surface area (Å²) in [5, 5.41) is 3.44.